The Labute approximate surface area is 214 Å². The Hall–Kier alpha value is -4.98. The maximum atomic E-state index is 15.4. The summed E-state index contributed by atoms with van der Waals surface area (Å²) >= 11 is 0. The van der Waals surface area contributed by atoms with Gasteiger partial charge in [-0.3, -0.25) is 19.2 Å². The molecule has 0 saturated carbocycles. The van der Waals surface area contributed by atoms with Gasteiger partial charge in [0.1, 0.15) is 11.5 Å². The van der Waals surface area contributed by atoms with Crippen LogP contribution in [0.1, 0.15) is 15.9 Å². The van der Waals surface area contributed by atoms with Crippen LogP contribution in [-0.4, -0.2) is 46.2 Å². The van der Waals surface area contributed by atoms with Gasteiger partial charge >= 0.3 is 16.2 Å². The number of methoxy groups -OCH3 is 1. The van der Waals surface area contributed by atoms with Crippen molar-refractivity contribution in [1.82, 2.24) is 24.9 Å². The molecule has 0 bridgehead atoms. The molecular formula is C24H17F2N7O4S. The normalized spacial score (nSPS) is 11.3. The van der Waals surface area contributed by atoms with Gasteiger partial charge in [-0.1, -0.05) is 0 Å². The number of halogens is 2. The second kappa shape index (κ2) is 9.82. The van der Waals surface area contributed by atoms with E-state index < -0.39 is 38.9 Å². The summed E-state index contributed by atoms with van der Waals surface area (Å²) in [5, 5.41) is 0.284. The second-order valence-electron chi connectivity index (χ2n) is 7.84. The minimum absolute atomic E-state index is 0.0740. The van der Waals surface area contributed by atoms with Crippen LogP contribution in [0, 0.1) is 11.6 Å². The summed E-state index contributed by atoms with van der Waals surface area (Å²) in [5.41, 5.74) is -0.124. The summed E-state index contributed by atoms with van der Waals surface area (Å²) in [5.74, 6) is -3.57. The minimum atomic E-state index is -4.35. The van der Waals surface area contributed by atoms with Gasteiger partial charge in [-0.25, -0.2) is 23.7 Å². The fourth-order valence-electron chi connectivity index (χ4n) is 3.64. The summed E-state index contributed by atoms with van der Waals surface area (Å²) < 4.78 is 64.2. The molecule has 0 aliphatic carbocycles. The van der Waals surface area contributed by atoms with Crippen LogP contribution < -0.4 is 14.2 Å². The first kappa shape index (κ1) is 24.7. The molecule has 192 valence electrons. The molecule has 0 aliphatic rings. The van der Waals surface area contributed by atoms with Crippen LogP contribution in [0.3, 0.4) is 0 Å². The van der Waals surface area contributed by atoms with Gasteiger partial charge in [0, 0.05) is 53.1 Å². The van der Waals surface area contributed by atoms with Crippen LogP contribution >= 0.6 is 0 Å². The van der Waals surface area contributed by atoms with Crippen molar-refractivity contribution in [2.45, 2.75) is 0 Å². The molecule has 0 radical (unpaired) electrons. The zero-order valence-corrected chi connectivity index (χ0v) is 20.3. The van der Waals surface area contributed by atoms with Crippen molar-refractivity contribution in [1.29, 1.82) is 0 Å². The molecule has 3 N–H and O–H groups in total. The Morgan fingerprint density at radius 1 is 1.00 bits per heavy atom. The molecule has 0 aliphatic heterocycles. The number of benzene rings is 1. The Morgan fingerprint density at radius 2 is 1.76 bits per heavy atom. The summed E-state index contributed by atoms with van der Waals surface area (Å²) in [6, 6.07) is 6.36. The Balaban J connectivity index is 1.49. The minimum Gasteiger partial charge on any atom is -0.467 e. The lowest BCUT2D eigenvalue weighted by molar-refractivity contribution is 0.103. The first-order valence-electron chi connectivity index (χ1n) is 10.8. The third-order valence-electron chi connectivity index (χ3n) is 5.40. The fraction of sp³-hybridized carbons (Fsp3) is 0.0417. The van der Waals surface area contributed by atoms with E-state index in [4.69, 9.17) is 4.74 Å². The topological polar surface area (TPSA) is 152 Å². The first-order chi connectivity index (χ1) is 18.3. The molecule has 38 heavy (non-hydrogen) atoms. The number of aromatic amines is 1. The van der Waals surface area contributed by atoms with Crippen LogP contribution in [-0.2, 0) is 10.2 Å². The maximum absolute atomic E-state index is 15.4. The van der Waals surface area contributed by atoms with Crippen LogP contribution in [0.5, 0.6) is 6.01 Å². The number of pyridine rings is 2. The highest BCUT2D eigenvalue weighted by atomic mass is 32.2. The number of hydrogen-bond donors (Lipinski definition) is 3. The average Bonchev–Trinajstić information content (AvgIpc) is 3.34. The number of nitrogens with one attached hydrogen (secondary N) is 3. The van der Waals surface area contributed by atoms with Gasteiger partial charge in [0.2, 0.25) is 5.78 Å². The summed E-state index contributed by atoms with van der Waals surface area (Å²) in [7, 11) is -2.92. The van der Waals surface area contributed by atoms with Crippen LogP contribution in [0.4, 0.5) is 20.2 Å². The zero-order chi connectivity index (χ0) is 26.9. The summed E-state index contributed by atoms with van der Waals surface area (Å²) in [4.78, 5) is 32.2. The molecule has 0 spiro atoms. The molecule has 0 amide bonds. The number of anilines is 2. The number of H-pyrrole nitrogens is 1. The summed E-state index contributed by atoms with van der Waals surface area (Å²) in [6.45, 7) is 0. The highest BCUT2D eigenvalue weighted by Crippen LogP contribution is 2.29. The molecule has 0 saturated heterocycles. The third-order valence-corrected chi connectivity index (χ3v) is 6.39. The molecule has 11 nitrogen and oxygen atoms in total. The van der Waals surface area contributed by atoms with E-state index in [-0.39, 0.29) is 22.6 Å². The molecule has 1 aromatic carbocycles. The second-order valence-corrected chi connectivity index (χ2v) is 9.26. The van der Waals surface area contributed by atoms with Crippen molar-refractivity contribution >= 4 is 38.4 Å². The van der Waals surface area contributed by atoms with E-state index in [1.54, 1.807) is 6.07 Å². The third kappa shape index (κ3) is 4.84. The predicted molar refractivity (Wildman–Crippen MR) is 134 cm³/mol. The number of ether oxygens (including phenoxy) is 1. The lowest BCUT2D eigenvalue weighted by atomic mass is 10.0. The number of carbonyl (C=O) groups is 1. The van der Waals surface area contributed by atoms with Gasteiger partial charge in [0.15, 0.2) is 5.82 Å². The van der Waals surface area contributed by atoms with Gasteiger partial charge < -0.3 is 9.72 Å². The van der Waals surface area contributed by atoms with Crippen molar-refractivity contribution in [3.63, 3.8) is 0 Å². The Bertz CT molecular complexity index is 1760. The van der Waals surface area contributed by atoms with Crippen LogP contribution in [0.25, 0.3) is 22.2 Å². The number of rotatable bonds is 8. The van der Waals surface area contributed by atoms with Gasteiger partial charge in [0.05, 0.1) is 30.2 Å². The van der Waals surface area contributed by atoms with Crippen LogP contribution in [0.2, 0.25) is 0 Å². The highest BCUT2D eigenvalue weighted by Gasteiger charge is 2.26. The van der Waals surface area contributed by atoms with Gasteiger partial charge in [-0.15, -0.1) is 0 Å². The van der Waals surface area contributed by atoms with Gasteiger partial charge in [-0.2, -0.15) is 8.42 Å². The average molecular weight is 538 g/mol. The summed E-state index contributed by atoms with van der Waals surface area (Å²) in [6.07, 6.45) is 8.47. The Kier molecular flexibility index (Phi) is 6.38. The highest BCUT2D eigenvalue weighted by molar-refractivity contribution is 7.94. The maximum Gasteiger partial charge on any atom is 0.321 e. The molecular weight excluding hydrogens is 520 g/mol. The zero-order valence-electron chi connectivity index (χ0n) is 19.4. The number of hydrogen-bond acceptors (Lipinski definition) is 8. The molecule has 5 rings (SSSR count). The van der Waals surface area contributed by atoms with Crippen molar-refractivity contribution in [2.24, 2.45) is 0 Å². The quantitative estimate of drug-likeness (QED) is 0.254. The molecule has 4 heterocycles. The molecule has 0 atom stereocenters. The number of aromatic nitrogens is 5. The van der Waals surface area contributed by atoms with Crippen molar-refractivity contribution in [3.8, 4) is 17.1 Å². The molecule has 5 aromatic rings. The first-order valence-corrected chi connectivity index (χ1v) is 12.3. The van der Waals surface area contributed by atoms with E-state index in [1.165, 1.54) is 56.4 Å². The molecule has 4 aromatic heterocycles. The SMILES string of the molecule is COc1ncc(-c2cnc3[nH]cc(C(=O)c4c(F)ccc(NS(=O)(=O)Nc5cccnc5)c4F)c3c2)cn1. The number of ketones is 1. The van der Waals surface area contributed by atoms with E-state index in [0.717, 1.165) is 12.1 Å². The number of carbonyl (C=O) groups excluding carboxylic acids is 1. The van der Waals surface area contributed by atoms with Crippen molar-refractivity contribution in [3.05, 3.63) is 90.3 Å². The van der Waals surface area contributed by atoms with Gasteiger partial charge in [-0.05, 0) is 30.3 Å². The lowest BCUT2D eigenvalue weighted by Gasteiger charge is -2.13. The van der Waals surface area contributed by atoms with E-state index in [0.29, 0.717) is 16.8 Å². The van der Waals surface area contributed by atoms with E-state index in [2.05, 4.69) is 29.6 Å². The molecule has 0 unspecified atom stereocenters. The van der Waals surface area contributed by atoms with Crippen molar-refractivity contribution < 1.29 is 26.7 Å². The standard InChI is InChI=1S/C24H17F2N7O4S/c1-37-24-30-9-14(10-31-24)13-7-16-17(12-29-23(16)28-8-13)22(34)20-18(25)4-5-19(21(20)26)33-38(35,36)32-15-3-2-6-27-11-15/h2-12,32-33H,1H3,(H,28,29). The lowest BCUT2D eigenvalue weighted by Crippen LogP contribution is -2.23. The van der Waals surface area contributed by atoms with Crippen molar-refractivity contribution in [2.75, 3.05) is 16.6 Å². The predicted octanol–water partition coefficient (Wildman–Crippen LogP) is 3.70. The number of fused-ring (bicyclic) bond motifs is 1. The van der Waals surface area contributed by atoms with Crippen LogP contribution in [0.15, 0.2) is 67.5 Å². The molecule has 14 heteroatoms. The Morgan fingerprint density at radius 3 is 2.47 bits per heavy atom. The molecule has 0 fully saturated rings. The van der Waals surface area contributed by atoms with Gasteiger partial charge in [0.25, 0.3) is 0 Å². The van der Waals surface area contributed by atoms with E-state index in [9.17, 15) is 17.6 Å². The smallest absolute Gasteiger partial charge is 0.321 e. The number of nitrogens with zero attached hydrogens (tertiary/aromatic N) is 4. The largest absolute Gasteiger partial charge is 0.467 e. The monoisotopic (exact) mass is 537 g/mol. The van der Waals surface area contributed by atoms with E-state index in [1.807, 2.05) is 4.72 Å². The van der Waals surface area contributed by atoms with E-state index >= 15 is 4.39 Å². The fourth-order valence-corrected chi connectivity index (χ4v) is 4.57.